The smallest absolute Gasteiger partial charge is 0.416 e. The van der Waals surface area contributed by atoms with Crippen LogP contribution in [0.2, 0.25) is 0 Å². The average Bonchev–Trinajstić information content (AvgIpc) is 3.26. The quantitative estimate of drug-likeness (QED) is 0.311. The fourth-order valence-electron chi connectivity index (χ4n) is 3.36. The molecule has 4 nitrogen and oxygen atoms in total. The van der Waals surface area contributed by atoms with Gasteiger partial charge in [0.1, 0.15) is 17.2 Å². The van der Waals surface area contributed by atoms with Gasteiger partial charge in [-0.05, 0) is 72.3 Å². The minimum Gasteiger partial charge on any atom is -0.497 e. The van der Waals surface area contributed by atoms with Gasteiger partial charge in [0.05, 0.1) is 25.3 Å². The Labute approximate surface area is 188 Å². The number of rotatable bonds is 6. The van der Waals surface area contributed by atoms with Crippen LogP contribution in [0, 0.1) is 0 Å². The van der Waals surface area contributed by atoms with Crippen molar-refractivity contribution in [1.29, 1.82) is 0 Å². The van der Waals surface area contributed by atoms with Crippen LogP contribution in [-0.2, 0) is 6.18 Å². The highest BCUT2D eigenvalue weighted by Gasteiger charge is 2.30. The molecule has 0 saturated heterocycles. The van der Waals surface area contributed by atoms with E-state index < -0.39 is 11.7 Å². The molecule has 0 amide bonds. The van der Waals surface area contributed by atoms with Crippen molar-refractivity contribution in [3.8, 4) is 34.1 Å². The Balaban J connectivity index is 1.79. The van der Waals surface area contributed by atoms with Gasteiger partial charge in [-0.25, -0.2) is 0 Å². The van der Waals surface area contributed by atoms with Crippen molar-refractivity contribution in [2.24, 2.45) is 0 Å². The lowest BCUT2D eigenvalue weighted by atomic mass is 10.0. The maximum Gasteiger partial charge on any atom is 0.416 e. The Hall–Kier alpha value is -4.00. The molecule has 168 valence electrons. The van der Waals surface area contributed by atoms with Gasteiger partial charge in [0.15, 0.2) is 5.76 Å². The molecule has 33 heavy (non-hydrogen) atoms. The number of hydrogen-bond donors (Lipinski definition) is 0. The van der Waals surface area contributed by atoms with Crippen LogP contribution in [-0.4, -0.2) is 19.4 Å². The summed E-state index contributed by atoms with van der Waals surface area (Å²) in [5.74, 6) is 1.88. The van der Waals surface area contributed by atoms with Crippen LogP contribution < -0.4 is 9.47 Å². The molecule has 1 aromatic heterocycles. The Kier molecular flexibility index (Phi) is 6.22. The van der Waals surface area contributed by atoms with Gasteiger partial charge >= 0.3 is 6.18 Å². The second-order valence-corrected chi connectivity index (χ2v) is 7.19. The Morgan fingerprint density at radius 3 is 1.97 bits per heavy atom. The van der Waals surface area contributed by atoms with Gasteiger partial charge in [0, 0.05) is 11.1 Å². The second kappa shape index (κ2) is 9.24. The van der Waals surface area contributed by atoms with Crippen molar-refractivity contribution in [3.05, 3.63) is 89.5 Å². The van der Waals surface area contributed by atoms with Crippen LogP contribution in [0.3, 0.4) is 0 Å². The standard InChI is InChI=1S/C26H20F3NO3/c1-31-21-11-7-18(8-12-21)24-23(15-6-17-4-3-5-20(16-17)26(27,28)29)25(33-30-24)19-9-13-22(32-2)14-10-19/h3-16H,1-2H3/b15-6+. The summed E-state index contributed by atoms with van der Waals surface area (Å²) >= 11 is 0. The number of ether oxygens (including phenoxy) is 2. The van der Waals surface area contributed by atoms with E-state index in [0.29, 0.717) is 34.1 Å². The van der Waals surface area contributed by atoms with Crippen LogP contribution >= 0.6 is 0 Å². The highest BCUT2D eigenvalue weighted by atomic mass is 19.4. The first-order valence-corrected chi connectivity index (χ1v) is 10.0. The monoisotopic (exact) mass is 451 g/mol. The molecule has 0 aliphatic rings. The molecule has 4 rings (SSSR count). The van der Waals surface area contributed by atoms with Gasteiger partial charge in [0.2, 0.25) is 0 Å². The second-order valence-electron chi connectivity index (χ2n) is 7.19. The largest absolute Gasteiger partial charge is 0.497 e. The van der Waals surface area contributed by atoms with Crippen LogP contribution in [0.5, 0.6) is 11.5 Å². The van der Waals surface area contributed by atoms with Crippen LogP contribution in [0.4, 0.5) is 13.2 Å². The maximum atomic E-state index is 13.1. The van der Waals surface area contributed by atoms with Gasteiger partial charge in [0.25, 0.3) is 0 Å². The van der Waals surface area contributed by atoms with E-state index in [1.165, 1.54) is 6.07 Å². The summed E-state index contributed by atoms with van der Waals surface area (Å²) in [7, 11) is 3.16. The third-order valence-corrected chi connectivity index (χ3v) is 5.10. The maximum absolute atomic E-state index is 13.1. The highest BCUT2D eigenvalue weighted by Crippen LogP contribution is 2.35. The lowest BCUT2D eigenvalue weighted by Gasteiger charge is -2.07. The minimum absolute atomic E-state index is 0.410. The van der Waals surface area contributed by atoms with Gasteiger partial charge in [-0.15, -0.1) is 0 Å². The van der Waals surface area contributed by atoms with Crippen LogP contribution in [0.15, 0.2) is 77.3 Å². The fourth-order valence-corrected chi connectivity index (χ4v) is 3.36. The van der Waals surface area contributed by atoms with E-state index in [0.717, 1.165) is 23.3 Å². The molecule has 1 heterocycles. The lowest BCUT2D eigenvalue weighted by molar-refractivity contribution is -0.137. The Bertz CT molecular complexity index is 1190. The number of hydrogen-bond acceptors (Lipinski definition) is 4. The SMILES string of the molecule is COc1ccc(-c2noc(-c3ccc(OC)cc3)c2/C=C/c2cccc(C(F)(F)F)c2)cc1. The molecule has 7 heteroatoms. The molecule has 0 aliphatic carbocycles. The van der Waals surface area contributed by atoms with E-state index in [1.54, 1.807) is 56.7 Å². The van der Waals surface area contributed by atoms with Crippen molar-refractivity contribution in [2.75, 3.05) is 14.2 Å². The summed E-state index contributed by atoms with van der Waals surface area (Å²) in [5.41, 5.74) is 2.44. The molecule has 0 unspecified atom stereocenters. The third kappa shape index (κ3) is 4.92. The Morgan fingerprint density at radius 2 is 1.39 bits per heavy atom. The highest BCUT2D eigenvalue weighted by molar-refractivity contribution is 5.86. The molecule has 0 aliphatic heterocycles. The lowest BCUT2D eigenvalue weighted by Crippen LogP contribution is -2.04. The van der Waals surface area contributed by atoms with E-state index >= 15 is 0 Å². The van der Waals surface area contributed by atoms with E-state index in [4.69, 9.17) is 14.0 Å². The summed E-state index contributed by atoms with van der Waals surface area (Å²) in [6, 6.07) is 19.7. The summed E-state index contributed by atoms with van der Waals surface area (Å²) in [4.78, 5) is 0. The molecule has 0 bridgehead atoms. The zero-order valence-corrected chi connectivity index (χ0v) is 17.9. The summed E-state index contributed by atoms with van der Waals surface area (Å²) in [5, 5.41) is 4.25. The fraction of sp³-hybridized carbons (Fsp3) is 0.115. The predicted octanol–water partition coefficient (Wildman–Crippen LogP) is 7.22. The van der Waals surface area contributed by atoms with Crippen LogP contribution in [0.1, 0.15) is 16.7 Å². The number of halogens is 3. The number of aromatic nitrogens is 1. The van der Waals surface area contributed by atoms with E-state index in [2.05, 4.69) is 5.16 Å². The van der Waals surface area contributed by atoms with Crippen molar-refractivity contribution in [3.63, 3.8) is 0 Å². The number of nitrogens with zero attached hydrogens (tertiary/aromatic N) is 1. The van der Waals surface area contributed by atoms with E-state index in [9.17, 15) is 13.2 Å². The first-order chi connectivity index (χ1) is 15.9. The molecule has 0 radical (unpaired) electrons. The normalized spacial score (nSPS) is 11.7. The average molecular weight is 451 g/mol. The third-order valence-electron chi connectivity index (χ3n) is 5.10. The molecular weight excluding hydrogens is 431 g/mol. The summed E-state index contributed by atoms with van der Waals surface area (Å²) < 4.78 is 55.4. The first kappa shape index (κ1) is 22.2. The van der Waals surface area contributed by atoms with Crippen molar-refractivity contribution >= 4 is 12.2 Å². The van der Waals surface area contributed by atoms with Gasteiger partial charge < -0.3 is 14.0 Å². The van der Waals surface area contributed by atoms with Crippen LogP contribution in [0.25, 0.3) is 34.7 Å². The van der Waals surface area contributed by atoms with Crippen molar-refractivity contribution in [1.82, 2.24) is 5.16 Å². The zero-order chi connectivity index (χ0) is 23.4. The molecule has 3 aromatic carbocycles. The number of benzene rings is 3. The van der Waals surface area contributed by atoms with Gasteiger partial charge in [-0.3, -0.25) is 0 Å². The number of alkyl halides is 3. The van der Waals surface area contributed by atoms with E-state index in [1.807, 2.05) is 24.3 Å². The Morgan fingerprint density at radius 1 is 0.788 bits per heavy atom. The predicted molar refractivity (Wildman–Crippen MR) is 121 cm³/mol. The molecule has 0 saturated carbocycles. The van der Waals surface area contributed by atoms with E-state index in [-0.39, 0.29) is 0 Å². The van der Waals surface area contributed by atoms with Crippen molar-refractivity contribution < 1.29 is 27.2 Å². The molecule has 0 spiro atoms. The number of methoxy groups -OCH3 is 2. The zero-order valence-electron chi connectivity index (χ0n) is 17.9. The molecule has 0 fully saturated rings. The van der Waals surface area contributed by atoms with Crippen molar-refractivity contribution in [2.45, 2.75) is 6.18 Å². The molecule has 0 N–H and O–H groups in total. The summed E-state index contributed by atoms with van der Waals surface area (Å²) in [6.45, 7) is 0. The molecule has 4 aromatic rings. The summed E-state index contributed by atoms with van der Waals surface area (Å²) in [6.07, 6.45) is -1.09. The van der Waals surface area contributed by atoms with Gasteiger partial charge in [-0.2, -0.15) is 13.2 Å². The minimum atomic E-state index is -4.41. The first-order valence-electron chi connectivity index (χ1n) is 10.0. The molecular formula is C26H20F3NO3. The topological polar surface area (TPSA) is 44.5 Å². The van der Waals surface area contributed by atoms with Gasteiger partial charge in [-0.1, -0.05) is 23.4 Å². The molecule has 0 atom stereocenters.